The first kappa shape index (κ1) is 20.7. The zero-order valence-electron chi connectivity index (χ0n) is 21.0. The molecular formula is C36H22N2O. The summed E-state index contributed by atoms with van der Waals surface area (Å²) in [6, 6.07) is 47.7. The summed E-state index contributed by atoms with van der Waals surface area (Å²) in [4.78, 5) is 0. The highest BCUT2D eigenvalue weighted by molar-refractivity contribution is 6.22. The normalized spacial score (nSPS) is 12.1. The summed E-state index contributed by atoms with van der Waals surface area (Å²) in [5, 5.41) is 8.51. The number of benzene rings is 6. The number of furan rings is 1. The molecule has 0 amide bonds. The maximum atomic E-state index is 6.17. The predicted octanol–water partition coefficient (Wildman–Crippen LogP) is 9.78. The maximum Gasteiger partial charge on any atom is 0.135 e. The van der Waals surface area contributed by atoms with E-state index in [0.717, 1.165) is 33.3 Å². The van der Waals surface area contributed by atoms with E-state index in [9.17, 15) is 0 Å². The third-order valence-corrected chi connectivity index (χ3v) is 8.09. The van der Waals surface area contributed by atoms with Crippen molar-refractivity contribution in [2.24, 2.45) is 0 Å². The van der Waals surface area contributed by atoms with Crippen LogP contribution in [-0.4, -0.2) is 9.13 Å². The van der Waals surface area contributed by atoms with E-state index in [2.05, 4.69) is 130 Å². The lowest BCUT2D eigenvalue weighted by atomic mass is 10.1. The van der Waals surface area contributed by atoms with Crippen molar-refractivity contribution in [1.82, 2.24) is 9.13 Å². The average molecular weight is 499 g/mol. The van der Waals surface area contributed by atoms with Crippen molar-refractivity contribution < 1.29 is 4.42 Å². The SMILES string of the molecule is c1ccc2cc(-n3c4ccccc4c4c5ccccc5n(-c5ccc6oc7ccccc7c6c5)c43)ccc2c1. The molecule has 3 heteroatoms. The van der Waals surface area contributed by atoms with Gasteiger partial charge in [0.05, 0.1) is 11.0 Å². The van der Waals surface area contributed by atoms with Gasteiger partial charge in [0.15, 0.2) is 0 Å². The van der Waals surface area contributed by atoms with Gasteiger partial charge in [-0.3, -0.25) is 9.13 Å². The molecule has 39 heavy (non-hydrogen) atoms. The van der Waals surface area contributed by atoms with Crippen molar-refractivity contribution in [2.75, 3.05) is 0 Å². The van der Waals surface area contributed by atoms with Gasteiger partial charge < -0.3 is 4.42 Å². The lowest BCUT2D eigenvalue weighted by Crippen LogP contribution is -2.01. The lowest BCUT2D eigenvalue weighted by Gasteiger charge is -2.14. The molecule has 3 aromatic heterocycles. The largest absolute Gasteiger partial charge is 0.456 e. The Morgan fingerprint density at radius 3 is 1.74 bits per heavy atom. The molecule has 0 aliphatic heterocycles. The number of hydrogen-bond acceptors (Lipinski definition) is 1. The van der Waals surface area contributed by atoms with Crippen LogP contribution < -0.4 is 0 Å². The van der Waals surface area contributed by atoms with Crippen LogP contribution in [0.2, 0.25) is 0 Å². The van der Waals surface area contributed by atoms with E-state index in [0.29, 0.717) is 0 Å². The fraction of sp³-hybridized carbons (Fsp3) is 0. The molecule has 0 aliphatic rings. The molecule has 9 rings (SSSR count). The van der Waals surface area contributed by atoms with Crippen molar-refractivity contribution in [3.8, 4) is 11.4 Å². The van der Waals surface area contributed by atoms with E-state index < -0.39 is 0 Å². The second-order valence-electron chi connectivity index (χ2n) is 10.2. The summed E-state index contributed by atoms with van der Waals surface area (Å²) in [7, 11) is 0. The third-order valence-electron chi connectivity index (χ3n) is 8.09. The quantitative estimate of drug-likeness (QED) is 0.233. The number of fused-ring (bicyclic) bond motifs is 9. The van der Waals surface area contributed by atoms with E-state index >= 15 is 0 Å². The second-order valence-corrected chi connectivity index (χ2v) is 10.2. The number of rotatable bonds is 2. The predicted molar refractivity (Wildman–Crippen MR) is 162 cm³/mol. The van der Waals surface area contributed by atoms with Gasteiger partial charge in [0, 0.05) is 38.3 Å². The van der Waals surface area contributed by atoms with Crippen molar-refractivity contribution >= 4 is 65.6 Å². The number of aromatic nitrogens is 2. The molecule has 3 heterocycles. The Balaban J connectivity index is 1.46. The van der Waals surface area contributed by atoms with Crippen LogP contribution in [0.1, 0.15) is 0 Å². The first-order valence-corrected chi connectivity index (χ1v) is 13.3. The number of para-hydroxylation sites is 3. The van der Waals surface area contributed by atoms with Crippen molar-refractivity contribution in [3.63, 3.8) is 0 Å². The number of nitrogens with zero attached hydrogens (tertiary/aromatic N) is 2. The summed E-state index contributed by atoms with van der Waals surface area (Å²) in [5.41, 5.74) is 7.64. The second kappa shape index (κ2) is 7.62. The minimum atomic E-state index is 0.905. The molecule has 0 aliphatic carbocycles. The van der Waals surface area contributed by atoms with Crippen LogP contribution in [0.25, 0.3) is 76.9 Å². The Kier molecular flexibility index (Phi) is 4.05. The molecular weight excluding hydrogens is 476 g/mol. The summed E-state index contributed by atoms with van der Waals surface area (Å²) >= 11 is 0. The smallest absolute Gasteiger partial charge is 0.135 e. The van der Waals surface area contributed by atoms with E-state index in [1.807, 2.05) is 12.1 Å². The summed E-state index contributed by atoms with van der Waals surface area (Å²) in [5.74, 6) is 0. The van der Waals surface area contributed by atoms with Crippen LogP contribution in [-0.2, 0) is 0 Å². The molecule has 0 radical (unpaired) electrons. The molecule has 0 saturated heterocycles. The molecule has 0 unspecified atom stereocenters. The van der Waals surface area contributed by atoms with Gasteiger partial charge in [-0.1, -0.05) is 84.9 Å². The van der Waals surface area contributed by atoms with Gasteiger partial charge in [0.25, 0.3) is 0 Å². The third kappa shape index (κ3) is 2.82. The van der Waals surface area contributed by atoms with E-state index in [1.165, 1.54) is 43.6 Å². The van der Waals surface area contributed by atoms with Gasteiger partial charge >= 0.3 is 0 Å². The van der Waals surface area contributed by atoms with Crippen LogP contribution in [0.3, 0.4) is 0 Å². The summed E-state index contributed by atoms with van der Waals surface area (Å²) in [6.45, 7) is 0. The molecule has 0 atom stereocenters. The Bertz CT molecular complexity index is 2400. The van der Waals surface area contributed by atoms with Gasteiger partial charge in [-0.2, -0.15) is 0 Å². The monoisotopic (exact) mass is 498 g/mol. The molecule has 0 N–H and O–H groups in total. The maximum absolute atomic E-state index is 6.17. The van der Waals surface area contributed by atoms with E-state index in [-0.39, 0.29) is 0 Å². The first-order valence-electron chi connectivity index (χ1n) is 13.3. The minimum absolute atomic E-state index is 0.905. The molecule has 0 spiro atoms. The fourth-order valence-electron chi connectivity index (χ4n) is 6.39. The highest BCUT2D eigenvalue weighted by Gasteiger charge is 2.22. The van der Waals surface area contributed by atoms with Crippen LogP contribution in [0.15, 0.2) is 138 Å². The van der Waals surface area contributed by atoms with Crippen LogP contribution in [0.5, 0.6) is 0 Å². The molecule has 182 valence electrons. The van der Waals surface area contributed by atoms with E-state index in [4.69, 9.17) is 4.42 Å². The fourth-order valence-corrected chi connectivity index (χ4v) is 6.39. The van der Waals surface area contributed by atoms with Crippen molar-refractivity contribution in [2.45, 2.75) is 0 Å². The average Bonchev–Trinajstić information content (AvgIpc) is 3.64. The Labute approximate surface area is 223 Å². The summed E-state index contributed by atoms with van der Waals surface area (Å²) in [6.07, 6.45) is 0. The summed E-state index contributed by atoms with van der Waals surface area (Å²) < 4.78 is 11.0. The number of hydrogen-bond donors (Lipinski definition) is 0. The first-order chi connectivity index (χ1) is 19.3. The van der Waals surface area contributed by atoms with Crippen molar-refractivity contribution in [1.29, 1.82) is 0 Å². The molecule has 0 fully saturated rings. The molecule has 0 saturated carbocycles. The Hall–Kier alpha value is -5.28. The van der Waals surface area contributed by atoms with Gasteiger partial charge in [-0.15, -0.1) is 0 Å². The highest BCUT2D eigenvalue weighted by atomic mass is 16.3. The molecule has 9 aromatic rings. The molecule has 6 aromatic carbocycles. The highest BCUT2D eigenvalue weighted by Crippen LogP contribution is 2.41. The van der Waals surface area contributed by atoms with Crippen LogP contribution >= 0.6 is 0 Å². The zero-order valence-corrected chi connectivity index (χ0v) is 21.0. The standard InChI is InChI=1S/C36H22N2O/c1-2-10-24-21-25(18-17-23(24)9-1)37-31-14-6-3-12-28(31)35-29-13-4-7-15-32(29)38(36(35)37)26-19-20-34-30(22-26)27-11-5-8-16-33(27)39-34/h1-22H. The molecule has 3 nitrogen and oxygen atoms in total. The van der Waals surface area contributed by atoms with E-state index in [1.54, 1.807) is 0 Å². The lowest BCUT2D eigenvalue weighted by molar-refractivity contribution is 0.669. The topological polar surface area (TPSA) is 23.0 Å². The van der Waals surface area contributed by atoms with Crippen LogP contribution in [0, 0.1) is 0 Å². The van der Waals surface area contributed by atoms with Gasteiger partial charge in [0.2, 0.25) is 0 Å². The van der Waals surface area contributed by atoms with Crippen LogP contribution in [0.4, 0.5) is 0 Å². The molecule has 0 bridgehead atoms. The Morgan fingerprint density at radius 1 is 0.410 bits per heavy atom. The van der Waals surface area contributed by atoms with Gasteiger partial charge in [0.1, 0.15) is 16.8 Å². The Morgan fingerprint density at radius 2 is 0.974 bits per heavy atom. The zero-order chi connectivity index (χ0) is 25.5. The van der Waals surface area contributed by atoms with Crippen molar-refractivity contribution in [3.05, 3.63) is 133 Å². The minimum Gasteiger partial charge on any atom is -0.456 e. The van der Waals surface area contributed by atoms with Gasteiger partial charge in [-0.05, 0) is 59.3 Å². The van der Waals surface area contributed by atoms with Gasteiger partial charge in [-0.25, -0.2) is 0 Å².